The SMILES string of the molecule is O=C(OCCOc1cccc(Br)c1)c1cc(-c2ccc(Cl)cc2)nc2ccccc12. The first-order valence-electron chi connectivity index (χ1n) is 9.31. The van der Waals surface area contributed by atoms with E-state index in [1.54, 1.807) is 18.2 Å². The van der Waals surface area contributed by atoms with Gasteiger partial charge < -0.3 is 9.47 Å². The molecule has 6 heteroatoms. The predicted octanol–water partition coefficient (Wildman–Crippen LogP) is 6.55. The van der Waals surface area contributed by atoms with Gasteiger partial charge in [0.25, 0.3) is 0 Å². The maximum absolute atomic E-state index is 12.8. The Bertz CT molecular complexity index is 1190. The van der Waals surface area contributed by atoms with E-state index in [0.717, 1.165) is 20.9 Å². The number of rotatable bonds is 6. The lowest BCUT2D eigenvalue weighted by Crippen LogP contribution is -2.13. The molecule has 4 nitrogen and oxygen atoms in total. The zero-order valence-corrected chi connectivity index (χ0v) is 18.2. The quantitative estimate of drug-likeness (QED) is 0.231. The highest BCUT2D eigenvalue weighted by Crippen LogP contribution is 2.26. The Balaban J connectivity index is 1.53. The molecular weight excluding hydrogens is 466 g/mol. The van der Waals surface area contributed by atoms with E-state index in [2.05, 4.69) is 20.9 Å². The number of benzene rings is 3. The molecule has 0 saturated heterocycles. The highest BCUT2D eigenvalue weighted by molar-refractivity contribution is 9.10. The first-order valence-corrected chi connectivity index (χ1v) is 10.5. The van der Waals surface area contributed by atoms with Crippen LogP contribution >= 0.6 is 27.5 Å². The van der Waals surface area contributed by atoms with E-state index in [1.165, 1.54) is 0 Å². The van der Waals surface area contributed by atoms with Crippen molar-refractivity contribution in [1.82, 2.24) is 4.98 Å². The minimum atomic E-state index is -0.415. The Hall–Kier alpha value is -2.89. The van der Waals surface area contributed by atoms with Gasteiger partial charge in [0.2, 0.25) is 0 Å². The Morgan fingerprint density at radius 1 is 0.933 bits per heavy atom. The van der Waals surface area contributed by atoms with Crippen LogP contribution in [0.1, 0.15) is 10.4 Å². The number of esters is 1. The van der Waals surface area contributed by atoms with Gasteiger partial charge >= 0.3 is 5.97 Å². The number of pyridine rings is 1. The molecule has 0 aliphatic rings. The summed E-state index contributed by atoms with van der Waals surface area (Å²) in [6.07, 6.45) is 0. The zero-order chi connectivity index (χ0) is 20.9. The number of carbonyl (C=O) groups is 1. The van der Waals surface area contributed by atoms with Crippen molar-refractivity contribution in [3.8, 4) is 17.0 Å². The molecule has 0 amide bonds. The minimum Gasteiger partial charge on any atom is -0.490 e. The van der Waals surface area contributed by atoms with Gasteiger partial charge in [0.1, 0.15) is 19.0 Å². The maximum Gasteiger partial charge on any atom is 0.339 e. The normalized spacial score (nSPS) is 10.7. The number of nitrogens with zero attached hydrogens (tertiary/aromatic N) is 1. The van der Waals surface area contributed by atoms with Crippen LogP contribution in [-0.4, -0.2) is 24.2 Å². The van der Waals surface area contributed by atoms with Gasteiger partial charge in [-0.2, -0.15) is 0 Å². The van der Waals surface area contributed by atoms with E-state index < -0.39 is 5.97 Å². The molecule has 0 aliphatic heterocycles. The molecule has 30 heavy (non-hydrogen) atoms. The van der Waals surface area contributed by atoms with Crippen molar-refractivity contribution < 1.29 is 14.3 Å². The fraction of sp³-hybridized carbons (Fsp3) is 0.0833. The van der Waals surface area contributed by atoms with Gasteiger partial charge in [0, 0.05) is 20.4 Å². The smallest absolute Gasteiger partial charge is 0.339 e. The summed E-state index contributed by atoms with van der Waals surface area (Å²) in [6.45, 7) is 0.396. The van der Waals surface area contributed by atoms with E-state index in [-0.39, 0.29) is 13.2 Å². The lowest BCUT2D eigenvalue weighted by atomic mass is 10.0. The lowest BCUT2D eigenvalue weighted by molar-refractivity contribution is 0.0452. The molecule has 0 N–H and O–H groups in total. The minimum absolute atomic E-state index is 0.137. The fourth-order valence-electron chi connectivity index (χ4n) is 3.04. The molecule has 0 bridgehead atoms. The van der Waals surface area contributed by atoms with E-state index in [9.17, 15) is 4.79 Å². The lowest BCUT2D eigenvalue weighted by Gasteiger charge is -2.11. The number of hydrogen-bond acceptors (Lipinski definition) is 4. The Labute approximate surface area is 187 Å². The van der Waals surface area contributed by atoms with Gasteiger partial charge in [0.15, 0.2) is 0 Å². The summed E-state index contributed by atoms with van der Waals surface area (Å²) >= 11 is 9.39. The van der Waals surface area contributed by atoms with Gasteiger partial charge in [-0.1, -0.05) is 63.9 Å². The Morgan fingerprint density at radius 3 is 2.53 bits per heavy atom. The molecular formula is C24H17BrClNO3. The average Bonchev–Trinajstić information content (AvgIpc) is 2.76. The van der Waals surface area contributed by atoms with Gasteiger partial charge in [-0.15, -0.1) is 0 Å². The molecule has 0 unspecified atom stereocenters. The molecule has 1 heterocycles. The van der Waals surface area contributed by atoms with Crippen LogP contribution in [0.4, 0.5) is 0 Å². The van der Waals surface area contributed by atoms with Crippen LogP contribution in [0.15, 0.2) is 83.3 Å². The van der Waals surface area contributed by atoms with E-state index in [1.807, 2.05) is 60.7 Å². The summed E-state index contributed by atoms with van der Waals surface area (Å²) in [7, 11) is 0. The second kappa shape index (κ2) is 9.28. The maximum atomic E-state index is 12.8. The van der Waals surface area contributed by atoms with Crippen molar-refractivity contribution in [2.45, 2.75) is 0 Å². The third kappa shape index (κ3) is 4.81. The Kier molecular flexibility index (Phi) is 6.31. The van der Waals surface area contributed by atoms with Crippen LogP contribution in [0.5, 0.6) is 5.75 Å². The number of hydrogen-bond donors (Lipinski definition) is 0. The number of halogens is 2. The molecule has 4 aromatic rings. The second-order valence-corrected chi connectivity index (χ2v) is 7.87. The first-order chi connectivity index (χ1) is 14.6. The monoisotopic (exact) mass is 481 g/mol. The average molecular weight is 483 g/mol. The van der Waals surface area contributed by atoms with Crippen molar-refractivity contribution in [2.24, 2.45) is 0 Å². The molecule has 0 atom stereocenters. The predicted molar refractivity (Wildman–Crippen MR) is 122 cm³/mol. The van der Waals surface area contributed by atoms with E-state index in [0.29, 0.717) is 22.0 Å². The third-order valence-electron chi connectivity index (χ3n) is 4.46. The fourth-order valence-corrected chi connectivity index (χ4v) is 3.55. The molecule has 0 aliphatic carbocycles. The van der Waals surface area contributed by atoms with E-state index in [4.69, 9.17) is 21.1 Å². The number of aromatic nitrogens is 1. The zero-order valence-electron chi connectivity index (χ0n) is 15.8. The van der Waals surface area contributed by atoms with Crippen LogP contribution in [0.2, 0.25) is 5.02 Å². The van der Waals surface area contributed by atoms with E-state index >= 15 is 0 Å². The number of fused-ring (bicyclic) bond motifs is 1. The number of ether oxygens (including phenoxy) is 2. The molecule has 150 valence electrons. The summed E-state index contributed by atoms with van der Waals surface area (Å²) < 4.78 is 12.0. The van der Waals surface area contributed by atoms with Crippen molar-refractivity contribution in [2.75, 3.05) is 13.2 Å². The molecule has 0 radical (unpaired) electrons. The Morgan fingerprint density at radius 2 is 1.73 bits per heavy atom. The van der Waals surface area contributed by atoms with Gasteiger partial charge in [-0.05, 0) is 42.5 Å². The first kappa shape index (κ1) is 20.4. The highest BCUT2D eigenvalue weighted by atomic mass is 79.9. The molecule has 0 fully saturated rings. The molecule has 3 aromatic carbocycles. The summed E-state index contributed by atoms with van der Waals surface area (Å²) in [4.78, 5) is 17.5. The molecule has 1 aromatic heterocycles. The number of carbonyl (C=O) groups excluding carboxylic acids is 1. The standard InChI is InChI=1S/C24H17BrClNO3/c25-17-4-3-5-19(14-17)29-12-13-30-24(28)21-15-23(16-8-10-18(26)11-9-16)27-22-7-2-1-6-20(21)22/h1-11,14-15H,12-13H2. The highest BCUT2D eigenvalue weighted by Gasteiger charge is 2.15. The summed E-state index contributed by atoms with van der Waals surface area (Å²) in [5.74, 6) is 0.293. The van der Waals surface area contributed by atoms with Crippen LogP contribution in [-0.2, 0) is 4.74 Å². The molecule has 4 rings (SSSR count). The van der Waals surface area contributed by atoms with Gasteiger partial charge in [-0.25, -0.2) is 9.78 Å². The van der Waals surface area contributed by atoms with Crippen LogP contribution in [0.3, 0.4) is 0 Å². The van der Waals surface area contributed by atoms with Crippen molar-refractivity contribution >= 4 is 44.4 Å². The summed E-state index contributed by atoms with van der Waals surface area (Å²) in [6, 6.07) is 24.1. The van der Waals surface area contributed by atoms with Gasteiger partial charge in [-0.3, -0.25) is 0 Å². The molecule has 0 spiro atoms. The second-order valence-electron chi connectivity index (χ2n) is 6.52. The van der Waals surface area contributed by atoms with Crippen molar-refractivity contribution in [3.05, 3.63) is 93.9 Å². The third-order valence-corrected chi connectivity index (χ3v) is 5.20. The number of para-hydroxylation sites is 1. The van der Waals surface area contributed by atoms with Crippen LogP contribution in [0, 0.1) is 0 Å². The summed E-state index contributed by atoms with van der Waals surface area (Å²) in [5.41, 5.74) is 2.75. The van der Waals surface area contributed by atoms with Crippen molar-refractivity contribution in [3.63, 3.8) is 0 Å². The van der Waals surface area contributed by atoms with Crippen LogP contribution in [0.25, 0.3) is 22.2 Å². The van der Waals surface area contributed by atoms with Crippen molar-refractivity contribution in [1.29, 1.82) is 0 Å². The van der Waals surface area contributed by atoms with Gasteiger partial charge in [0.05, 0.1) is 16.8 Å². The topological polar surface area (TPSA) is 48.4 Å². The van der Waals surface area contributed by atoms with Crippen LogP contribution < -0.4 is 4.74 Å². The summed E-state index contributed by atoms with van der Waals surface area (Å²) in [5, 5.41) is 1.39. The largest absolute Gasteiger partial charge is 0.490 e. The molecule has 0 saturated carbocycles.